The zero-order valence-electron chi connectivity index (χ0n) is 20.9. The Bertz CT molecular complexity index is 1040. The molecule has 0 aromatic heterocycles. The molecule has 12 heteroatoms. The van der Waals surface area contributed by atoms with Crippen LogP contribution in [0, 0.1) is 20.2 Å². The van der Waals surface area contributed by atoms with Crippen molar-refractivity contribution >= 4 is 22.7 Å². The van der Waals surface area contributed by atoms with E-state index in [2.05, 4.69) is 9.80 Å². The summed E-state index contributed by atoms with van der Waals surface area (Å²) in [5, 5.41) is 27.1. The molecule has 2 aliphatic rings. The number of rotatable bonds is 12. The number of ether oxygens (including phenoxy) is 2. The number of hydrazine groups is 1. The van der Waals surface area contributed by atoms with E-state index in [0.29, 0.717) is 50.9 Å². The van der Waals surface area contributed by atoms with Gasteiger partial charge in [-0.3, -0.25) is 40.0 Å². The summed E-state index contributed by atoms with van der Waals surface area (Å²) in [6, 6.07) is 13.1. The molecule has 200 valence electrons. The number of hydrogen-bond donors (Lipinski definition) is 0. The van der Waals surface area contributed by atoms with Crippen molar-refractivity contribution in [3.05, 3.63) is 68.8 Å². The molecule has 2 aromatic carbocycles. The molecule has 0 atom stereocenters. The van der Waals surface area contributed by atoms with E-state index in [1.54, 1.807) is 24.3 Å². The molecule has 0 radical (unpaired) electrons. The molecule has 2 saturated heterocycles. The molecule has 2 aliphatic heterocycles. The van der Waals surface area contributed by atoms with E-state index in [1.807, 2.05) is 22.2 Å². The second kappa shape index (κ2) is 13.3. The second-order valence-electron chi connectivity index (χ2n) is 9.06. The average Bonchev–Trinajstić information content (AvgIpc) is 2.93. The second-order valence-corrected chi connectivity index (χ2v) is 9.06. The maximum Gasteiger partial charge on any atom is 0.271 e. The van der Waals surface area contributed by atoms with Gasteiger partial charge in [0, 0.05) is 70.1 Å². The standard InChI is InChI=1S/C25H34N6O6/c32-30(33)24-6-1-4-22(20-24)28(9-3-8-26-12-16-36-17-13-26)29(11-10-27-14-18-37-19-15-27)23-5-2-7-25(21-23)31(34)35/h1-2,4-7,20-21H,3,8-19H2. The first-order valence-corrected chi connectivity index (χ1v) is 12.7. The molecule has 2 heterocycles. The maximum atomic E-state index is 11.5. The highest BCUT2D eigenvalue weighted by Crippen LogP contribution is 2.28. The molecule has 4 rings (SSSR count). The summed E-state index contributed by atoms with van der Waals surface area (Å²) in [5.74, 6) is 0. The monoisotopic (exact) mass is 514 g/mol. The van der Waals surface area contributed by atoms with Crippen molar-refractivity contribution in [1.29, 1.82) is 0 Å². The lowest BCUT2D eigenvalue weighted by molar-refractivity contribution is -0.385. The quantitative estimate of drug-likeness (QED) is 0.309. The van der Waals surface area contributed by atoms with Crippen molar-refractivity contribution in [1.82, 2.24) is 9.80 Å². The van der Waals surface area contributed by atoms with Crippen LogP contribution >= 0.6 is 0 Å². The van der Waals surface area contributed by atoms with Gasteiger partial charge in [0.25, 0.3) is 11.4 Å². The molecule has 2 aromatic rings. The first-order valence-electron chi connectivity index (χ1n) is 12.7. The van der Waals surface area contributed by atoms with Crippen LogP contribution in [0.1, 0.15) is 6.42 Å². The summed E-state index contributed by atoms with van der Waals surface area (Å²) in [6.07, 6.45) is 0.811. The molecule has 12 nitrogen and oxygen atoms in total. The number of benzene rings is 2. The van der Waals surface area contributed by atoms with Gasteiger partial charge in [0.05, 0.1) is 54.2 Å². The summed E-state index contributed by atoms with van der Waals surface area (Å²) < 4.78 is 10.9. The van der Waals surface area contributed by atoms with Crippen LogP contribution in [0.2, 0.25) is 0 Å². The van der Waals surface area contributed by atoms with Gasteiger partial charge in [-0.05, 0) is 18.6 Å². The van der Waals surface area contributed by atoms with Gasteiger partial charge in [0.15, 0.2) is 0 Å². The Labute approximate surface area is 216 Å². The van der Waals surface area contributed by atoms with Gasteiger partial charge in [0.1, 0.15) is 0 Å². The van der Waals surface area contributed by atoms with Crippen molar-refractivity contribution in [2.24, 2.45) is 0 Å². The van der Waals surface area contributed by atoms with E-state index < -0.39 is 9.85 Å². The van der Waals surface area contributed by atoms with Gasteiger partial charge in [-0.25, -0.2) is 0 Å². The SMILES string of the molecule is O=[N+]([O-])c1cccc(N(CCCN2CCOCC2)N(CCN2CCOCC2)c2cccc([N+](=O)[O-])c2)c1. The number of nitrogens with zero attached hydrogens (tertiary/aromatic N) is 6. The lowest BCUT2D eigenvalue weighted by Gasteiger charge is -2.40. The lowest BCUT2D eigenvalue weighted by atomic mass is 10.2. The Morgan fingerprint density at radius 3 is 1.65 bits per heavy atom. The van der Waals surface area contributed by atoms with Crippen molar-refractivity contribution in [3.8, 4) is 0 Å². The number of hydrogen-bond acceptors (Lipinski definition) is 10. The van der Waals surface area contributed by atoms with Gasteiger partial charge >= 0.3 is 0 Å². The fourth-order valence-electron chi connectivity index (χ4n) is 4.64. The minimum absolute atomic E-state index is 0.00109. The van der Waals surface area contributed by atoms with Crippen LogP contribution in [-0.4, -0.2) is 98.4 Å². The van der Waals surface area contributed by atoms with Crippen LogP contribution < -0.4 is 10.0 Å². The third-order valence-corrected chi connectivity index (χ3v) is 6.65. The van der Waals surface area contributed by atoms with Crippen molar-refractivity contribution in [2.75, 3.05) is 88.8 Å². The zero-order chi connectivity index (χ0) is 26.0. The number of non-ortho nitro benzene ring substituents is 2. The number of morpholine rings is 2. The lowest BCUT2D eigenvalue weighted by Crippen LogP contribution is -2.49. The summed E-state index contributed by atoms with van der Waals surface area (Å²) in [5.41, 5.74) is 1.34. The molecular formula is C25H34N6O6. The maximum absolute atomic E-state index is 11.5. The molecule has 0 amide bonds. The fraction of sp³-hybridized carbons (Fsp3) is 0.520. The predicted octanol–water partition coefficient (Wildman–Crippen LogP) is 2.79. The van der Waals surface area contributed by atoms with Crippen LogP contribution in [0.4, 0.5) is 22.7 Å². The molecule has 37 heavy (non-hydrogen) atoms. The van der Waals surface area contributed by atoms with Crippen LogP contribution in [0.5, 0.6) is 0 Å². The molecular weight excluding hydrogens is 480 g/mol. The third kappa shape index (κ3) is 7.59. The normalized spacial score (nSPS) is 16.9. The first-order chi connectivity index (χ1) is 18.0. The Hall–Kier alpha value is -3.32. The van der Waals surface area contributed by atoms with Crippen LogP contribution in [0.15, 0.2) is 48.5 Å². The van der Waals surface area contributed by atoms with E-state index in [1.165, 1.54) is 12.1 Å². The van der Waals surface area contributed by atoms with Gasteiger partial charge < -0.3 is 9.47 Å². The highest BCUT2D eigenvalue weighted by atomic mass is 16.6. The Balaban J connectivity index is 1.63. The largest absolute Gasteiger partial charge is 0.379 e. The van der Waals surface area contributed by atoms with Gasteiger partial charge in [0.2, 0.25) is 0 Å². The average molecular weight is 515 g/mol. The third-order valence-electron chi connectivity index (χ3n) is 6.65. The highest BCUT2D eigenvalue weighted by molar-refractivity contribution is 5.62. The zero-order valence-corrected chi connectivity index (χ0v) is 20.9. The number of anilines is 2. The van der Waals surface area contributed by atoms with Crippen LogP contribution in [0.25, 0.3) is 0 Å². The van der Waals surface area contributed by atoms with Gasteiger partial charge in [-0.1, -0.05) is 12.1 Å². The smallest absolute Gasteiger partial charge is 0.271 e. The summed E-state index contributed by atoms with van der Waals surface area (Å²) >= 11 is 0. The minimum atomic E-state index is -0.403. The van der Waals surface area contributed by atoms with E-state index in [9.17, 15) is 20.2 Å². The first kappa shape index (κ1) is 26.7. The van der Waals surface area contributed by atoms with Gasteiger partial charge in [-0.15, -0.1) is 0 Å². The Morgan fingerprint density at radius 1 is 0.703 bits per heavy atom. The molecule has 0 bridgehead atoms. The Morgan fingerprint density at radius 2 is 1.16 bits per heavy atom. The molecule has 0 saturated carbocycles. The van der Waals surface area contributed by atoms with Crippen molar-refractivity contribution < 1.29 is 19.3 Å². The van der Waals surface area contributed by atoms with Crippen molar-refractivity contribution in [2.45, 2.75) is 6.42 Å². The topological polar surface area (TPSA) is 118 Å². The van der Waals surface area contributed by atoms with Crippen LogP contribution in [-0.2, 0) is 9.47 Å². The summed E-state index contributed by atoms with van der Waals surface area (Å²) in [6.45, 7) is 8.89. The molecule has 2 fully saturated rings. The van der Waals surface area contributed by atoms with E-state index in [4.69, 9.17) is 9.47 Å². The number of nitro benzene ring substituents is 2. The molecule has 0 unspecified atom stereocenters. The summed E-state index contributed by atoms with van der Waals surface area (Å²) in [4.78, 5) is 26.9. The number of nitro groups is 2. The Kier molecular flexibility index (Phi) is 9.60. The summed E-state index contributed by atoms with van der Waals surface area (Å²) in [7, 11) is 0. The fourth-order valence-corrected chi connectivity index (χ4v) is 4.64. The van der Waals surface area contributed by atoms with E-state index in [-0.39, 0.29) is 11.4 Å². The highest BCUT2D eigenvalue weighted by Gasteiger charge is 2.23. The minimum Gasteiger partial charge on any atom is -0.379 e. The molecule has 0 N–H and O–H groups in total. The predicted molar refractivity (Wildman–Crippen MR) is 140 cm³/mol. The molecule has 0 aliphatic carbocycles. The van der Waals surface area contributed by atoms with Crippen LogP contribution in [0.3, 0.4) is 0 Å². The van der Waals surface area contributed by atoms with Crippen molar-refractivity contribution in [3.63, 3.8) is 0 Å². The van der Waals surface area contributed by atoms with E-state index in [0.717, 1.165) is 45.7 Å². The molecule has 0 spiro atoms. The van der Waals surface area contributed by atoms with E-state index >= 15 is 0 Å². The van der Waals surface area contributed by atoms with Gasteiger partial charge in [-0.2, -0.15) is 0 Å².